The van der Waals surface area contributed by atoms with Crippen LogP contribution in [0, 0.1) is 0 Å². The number of amides is 1. The van der Waals surface area contributed by atoms with Crippen molar-refractivity contribution in [1.82, 2.24) is 4.90 Å². The molecule has 0 aliphatic carbocycles. The number of ether oxygens (including phenoxy) is 2. The van der Waals surface area contributed by atoms with Gasteiger partial charge in [0.2, 0.25) is 0 Å². The fraction of sp³-hybridized carbons (Fsp3) is 0.500. The van der Waals surface area contributed by atoms with Gasteiger partial charge in [0.25, 0.3) is 5.91 Å². The van der Waals surface area contributed by atoms with Crippen molar-refractivity contribution in [2.45, 2.75) is 19.1 Å². The molecule has 0 bridgehead atoms. The van der Waals surface area contributed by atoms with Crippen LogP contribution in [0.25, 0.3) is 0 Å². The maximum absolute atomic E-state index is 12.6. The highest BCUT2D eigenvalue weighted by molar-refractivity contribution is 9.10. The number of benzene rings is 1. The van der Waals surface area contributed by atoms with Gasteiger partial charge in [-0.2, -0.15) is 0 Å². The fourth-order valence-corrected chi connectivity index (χ4v) is 2.56. The molecular weight excluding hydrogens is 324 g/mol. The highest BCUT2D eigenvalue weighted by Crippen LogP contribution is 2.24. The molecule has 20 heavy (non-hydrogen) atoms. The minimum atomic E-state index is -0.114. The first-order valence-electron chi connectivity index (χ1n) is 6.53. The molecule has 1 saturated heterocycles. The van der Waals surface area contributed by atoms with Crippen molar-refractivity contribution in [2.75, 3.05) is 26.8 Å². The van der Waals surface area contributed by atoms with Gasteiger partial charge in [0, 0.05) is 23.6 Å². The first-order chi connectivity index (χ1) is 9.52. The molecule has 2 unspecified atom stereocenters. The Labute approximate surface area is 127 Å². The lowest BCUT2D eigenvalue weighted by Crippen LogP contribution is -2.51. The van der Waals surface area contributed by atoms with Gasteiger partial charge in [-0.15, -0.1) is 0 Å². The van der Waals surface area contributed by atoms with Gasteiger partial charge < -0.3 is 20.1 Å². The Morgan fingerprint density at radius 1 is 1.60 bits per heavy atom. The van der Waals surface area contributed by atoms with E-state index in [0.29, 0.717) is 31.0 Å². The molecule has 1 aliphatic heterocycles. The minimum Gasteiger partial charge on any atom is -0.497 e. The summed E-state index contributed by atoms with van der Waals surface area (Å²) in [5.41, 5.74) is 6.44. The first kappa shape index (κ1) is 15.3. The monoisotopic (exact) mass is 342 g/mol. The molecule has 110 valence electrons. The van der Waals surface area contributed by atoms with Gasteiger partial charge in [-0.05, 0) is 41.1 Å². The van der Waals surface area contributed by atoms with Crippen molar-refractivity contribution in [2.24, 2.45) is 5.73 Å². The SMILES string of the molecule is COc1ccc(Br)c(C(=O)N2CCOC(C(C)N)C2)c1. The van der Waals surface area contributed by atoms with E-state index in [1.165, 1.54) is 0 Å². The number of rotatable bonds is 3. The van der Waals surface area contributed by atoms with Crippen LogP contribution in [0.2, 0.25) is 0 Å². The van der Waals surface area contributed by atoms with Gasteiger partial charge in [0.1, 0.15) is 5.75 Å². The molecule has 5 nitrogen and oxygen atoms in total. The average Bonchev–Trinajstić information content (AvgIpc) is 2.47. The molecule has 0 aromatic heterocycles. The second-order valence-electron chi connectivity index (χ2n) is 4.87. The second-order valence-corrected chi connectivity index (χ2v) is 5.72. The fourth-order valence-electron chi connectivity index (χ4n) is 2.14. The number of halogens is 1. The number of carbonyl (C=O) groups is 1. The Kier molecular flexibility index (Phi) is 5.01. The summed E-state index contributed by atoms with van der Waals surface area (Å²) >= 11 is 3.41. The molecule has 2 rings (SSSR count). The molecule has 2 N–H and O–H groups in total. The Bertz CT molecular complexity index is 493. The van der Waals surface area contributed by atoms with Crippen LogP contribution in [-0.2, 0) is 4.74 Å². The van der Waals surface area contributed by atoms with Crippen LogP contribution in [0.3, 0.4) is 0 Å². The normalized spacial score (nSPS) is 20.6. The van der Waals surface area contributed by atoms with Gasteiger partial charge in [-0.25, -0.2) is 0 Å². The molecule has 0 saturated carbocycles. The molecule has 1 fully saturated rings. The molecule has 0 radical (unpaired) electrons. The molecule has 1 aromatic carbocycles. The number of nitrogens with zero attached hydrogens (tertiary/aromatic N) is 1. The van der Waals surface area contributed by atoms with E-state index in [1.807, 2.05) is 19.1 Å². The molecule has 1 heterocycles. The van der Waals surface area contributed by atoms with Gasteiger partial charge >= 0.3 is 0 Å². The van der Waals surface area contributed by atoms with E-state index in [-0.39, 0.29) is 18.1 Å². The number of nitrogens with two attached hydrogens (primary N) is 1. The van der Waals surface area contributed by atoms with Gasteiger partial charge in [0.05, 0.1) is 25.4 Å². The second kappa shape index (κ2) is 6.56. The number of hydrogen-bond donors (Lipinski definition) is 1. The average molecular weight is 343 g/mol. The summed E-state index contributed by atoms with van der Waals surface area (Å²) in [6.07, 6.45) is -0.114. The molecule has 2 atom stereocenters. The van der Waals surface area contributed by atoms with Crippen molar-refractivity contribution in [3.8, 4) is 5.75 Å². The number of methoxy groups -OCH3 is 1. The molecule has 1 amide bonds. The molecule has 6 heteroatoms. The predicted molar refractivity (Wildman–Crippen MR) is 80.0 cm³/mol. The zero-order chi connectivity index (χ0) is 14.7. The van der Waals surface area contributed by atoms with Gasteiger partial charge in [-0.1, -0.05) is 0 Å². The third-order valence-corrected chi connectivity index (χ3v) is 4.06. The molecule has 1 aromatic rings. The standard InChI is InChI=1S/C14H19BrN2O3/c1-9(16)13-8-17(5-6-20-13)14(18)11-7-10(19-2)3-4-12(11)15/h3-4,7,9,13H,5-6,8,16H2,1-2H3. The Morgan fingerprint density at radius 3 is 3.00 bits per heavy atom. The van der Waals surface area contributed by atoms with E-state index >= 15 is 0 Å². The Hall–Kier alpha value is -1.11. The summed E-state index contributed by atoms with van der Waals surface area (Å²) in [6.45, 7) is 3.49. The van der Waals surface area contributed by atoms with Gasteiger partial charge in [-0.3, -0.25) is 4.79 Å². The Morgan fingerprint density at radius 2 is 2.35 bits per heavy atom. The zero-order valence-corrected chi connectivity index (χ0v) is 13.2. The lowest BCUT2D eigenvalue weighted by atomic mass is 10.1. The van der Waals surface area contributed by atoms with E-state index < -0.39 is 0 Å². The number of carbonyl (C=O) groups excluding carboxylic acids is 1. The quantitative estimate of drug-likeness (QED) is 0.906. The zero-order valence-electron chi connectivity index (χ0n) is 11.6. The maximum Gasteiger partial charge on any atom is 0.255 e. The predicted octanol–water partition coefficient (Wildman–Crippen LogP) is 1.65. The third kappa shape index (κ3) is 3.31. The molecular formula is C14H19BrN2O3. The van der Waals surface area contributed by atoms with E-state index in [1.54, 1.807) is 18.1 Å². The van der Waals surface area contributed by atoms with Crippen LogP contribution in [0.4, 0.5) is 0 Å². The number of hydrogen-bond acceptors (Lipinski definition) is 4. The van der Waals surface area contributed by atoms with Crippen LogP contribution in [-0.4, -0.2) is 49.8 Å². The summed E-state index contributed by atoms with van der Waals surface area (Å²) in [5, 5.41) is 0. The lowest BCUT2D eigenvalue weighted by molar-refractivity contribution is -0.0300. The lowest BCUT2D eigenvalue weighted by Gasteiger charge is -2.35. The van der Waals surface area contributed by atoms with Crippen LogP contribution in [0.15, 0.2) is 22.7 Å². The van der Waals surface area contributed by atoms with Crippen molar-refractivity contribution < 1.29 is 14.3 Å². The Balaban J connectivity index is 2.18. The third-order valence-electron chi connectivity index (χ3n) is 3.37. The summed E-state index contributed by atoms with van der Waals surface area (Å²) in [5.74, 6) is 0.623. The van der Waals surface area contributed by atoms with Crippen molar-refractivity contribution >= 4 is 21.8 Å². The van der Waals surface area contributed by atoms with E-state index in [4.69, 9.17) is 15.2 Å². The maximum atomic E-state index is 12.6. The van der Waals surface area contributed by atoms with Crippen LogP contribution in [0.1, 0.15) is 17.3 Å². The van der Waals surface area contributed by atoms with Crippen LogP contribution < -0.4 is 10.5 Å². The van der Waals surface area contributed by atoms with Crippen molar-refractivity contribution in [1.29, 1.82) is 0 Å². The molecule has 0 spiro atoms. The molecule has 1 aliphatic rings. The summed E-state index contributed by atoms with van der Waals surface area (Å²) in [7, 11) is 1.58. The summed E-state index contributed by atoms with van der Waals surface area (Å²) in [6, 6.07) is 5.27. The topological polar surface area (TPSA) is 64.8 Å². The van der Waals surface area contributed by atoms with Gasteiger partial charge in [0.15, 0.2) is 0 Å². The van der Waals surface area contributed by atoms with E-state index in [9.17, 15) is 4.79 Å². The van der Waals surface area contributed by atoms with Crippen LogP contribution >= 0.6 is 15.9 Å². The van der Waals surface area contributed by atoms with Crippen molar-refractivity contribution in [3.63, 3.8) is 0 Å². The van der Waals surface area contributed by atoms with E-state index in [2.05, 4.69) is 15.9 Å². The van der Waals surface area contributed by atoms with Crippen molar-refractivity contribution in [3.05, 3.63) is 28.2 Å². The largest absolute Gasteiger partial charge is 0.497 e. The first-order valence-corrected chi connectivity index (χ1v) is 7.32. The summed E-state index contributed by atoms with van der Waals surface area (Å²) < 4.78 is 11.5. The van der Waals surface area contributed by atoms with E-state index in [0.717, 1.165) is 4.47 Å². The number of morpholine rings is 1. The van der Waals surface area contributed by atoms with Crippen LogP contribution in [0.5, 0.6) is 5.75 Å². The summed E-state index contributed by atoms with van der Waals surface area (Å²) in [4.78, 5) is 14.4. The smallest absolute Gasteiger partial charge is 0.255 e. The highest BCUT2D eigenvalue weighted by Gasteiger charge is 2.28. The highest BCUT2D eigenvalue weighted by atomic mass is 79.9. The minimum absolute atomic E-state index is 0.0373.